The van der Waals surface area contributed by atoms with E-state index in [9.17, 15) is 0 Å². The SMILES string of the molecule is N=CC(Br)C=N. The highest BCUT2D eigenvalue weighted by molar-refractivity contribution is 9.10. The minimum Gasteiger partial charge on any atom is -0.312 e. The van der Waals surface area contributed by atoms with Crippen molar-refractivity contribution in [1.29, 1.82) is 10.8 Å². The van der Waals surface area contributed by atoms with Gasteiger partial charge >= 0.3 is 0 Å². The minimum absolute atomic E-state index is 0.169. The third kappa shape index (κ3) is 2.08. The van der Waals surface area contributed by atoms with Crippen molar-refractivity contribution in [3.63, 3.8) is 0 Å². The summed E-state index contributed by atoms with van der Waals surface area (Å²) in [5, 5.41) is 13.0. The Morgan fingerprint density at radius 1 is 1.33 bits per heavy atom. The van der Waals surface area contributed by atoms with Gasteiger partial charge in [-0.2, -0.15) is 0 Å². The van der Waals surface area contributed by atoms with Gasteiger partial charge in [-0.25, -0.2) is 0 Å². The van der Waals surface area contributed by atoms with Crippen molar-refractivity contribution in [2.24, 2.45) is 0 Å². The first kappa shape index (κ1) is 5.82. The maximum Gasteiger partial charge on any atom is 0.0835 e. The van der Waals surface area contributed by atoms with Crippen LogP contribution in [0, 0.1) is 10.8 Å². The molecule has 0 saturated carbocycles. The predicted molar refractivity (Wildman–Crippen MR) is 30.3 cm³/mol. The van der Waals surface area contributed by atoms with E-state index >= 15 is 0 Å². The summed E-state index contributed by atoms with van der Waals surface area (Å²) >= 11 is 2.99. The minimum atomic E-state index is -0.169. The van der Waals surface area contributed by atoms with Gasteiger partial charge in [0.05, 0.1) is 4.83 Å². The van der Waals surface area contributed by atoms with Crippen LogP contribution in [0.15, 0.2) is 0 Å². The molecule has 0 bridgehead atoms. The highest BCUT2D eigenvalue weighted by Gasteiger charge is 1.85. The highest BCUT2D eigenvalue weighted by atomic mass is 79.9. The largest absolute Gasteiger partial charge is 0.312 e. The zero-order chi connectivity index (χ0) is 4.99. The van der Waals surface area contributed by atoms with Crippen LogP contribution in [0.4, 0.5) is 0 Å². The molecular formula is C3H5BrN2. The molecule has 2 N–H and O–H groups in total. The average Bonchev–Trinajstić information content (AvgIpc) is 1.65. The highest BCUT2D eigenvalue weighted by Crippen LogP contribution is 1.86. The van der Waals surface area contributed by atoms with Gasteiger partial charge in [-0.05, 0) is 0 Å². The molecule has 0 aliphatic heterocycles. The monoisotopic (exact) mass is 148 g/mol. The van der Waals surface area contributed by atoms with Crippen LogP contribution in [0.1, 0.15) is 0 Å². The van der Waals surface area contributed by atoms with Crippen molar-refractivity contribution in [3.05, 3.63) is 0 Å². The number of rotatable bonds is 2. The number of hydrogen-bond acceptors (Lipinski definition) is 2. The molecule has 0 heterocycles. The molecule has 0 aromatic carbocycles. The van der Waals surface area contributed by atoms with E-state index in [0.29, 0.717) is 0 Å². The van der Waals surface area contributed by atoms with Crippen molar-refractivity contribution in [2.75, 3.05) is 0 Å². The third-order valence-corrected chi connectivity index (χ3v) is 0.847. The topological polar surface area (TPSA) is 47.7 Å². The lowest BCUT2D eigenvalue weighted by Gasteiger charge is -1.82. The molecule has 0 aromatic heterocycles. The summed E-state index contributed by atoms with van der Waals surface area (Å²) in [4.78, 5) is -0.169. The number of alkyl halides is 1. The first-order valence-electron chi connectivity index (χ1n) is 1.46. The second-order valence-electron chi connectivity index (χ2n) is 0.778. The quantitative estimate of drug-likeness (QED) is 0.435. The van der Waals surface area contributed by atoms with Crippen LogP contribution in [0.5, 0.6) is 0 Å². The molecule has 2 nitrogen and oxygen atoms in total. The van der Waals surface area contributed by atoms with E-state index in [1.165, 1.54) is 0 Å². The maximum absolute atomic E-state index is 6.49. The van der Waals surface area contributed by atoms with E-state index in [1.807, 2.05) is 0 Å². The zero-order valence-electron chi connectivity index (χ0n) is 3.11. The Morgan fingerprint density at radius 3 is 1.67 bits per heavy atom. The molecular weight excluding hydrogens is 144 g/mol. The van der Waals surface area contributed by atoms with E-state index in [1.54, 1.807) is 0 Å². The van der Waals surface area contributed by atoms with Crippen molar-refractivity contribution < 1.29 is 0 Å². The Kier molecular flexibility index (Phi) is 2.94. The van der Waals surface area contributed by atoms with Crippen LogP contribution in [-0.2, 0) is 0 Å². The fourth-order valence-electron chi connectivity index (χ4n) is 0.0481. The normalized spacial score (nSPS) is 12.8. The lowest BCUT2D eigenvalue weighted by Crippen LogP contribution is -1.96. The molecule has 0 amide bonds. The van der Waals surface area contributed by atoms with Crippen LogP contribution in [0.3, 0.4) is 0 Å². The van der Waals surface area contributed by atoms with Gasteiger partial charge < -0.3 is 10.8 Å². The first-order chi connectivity index (χ1) is 2.81. The number of hydrogen-bond donors (Lipinski definition) is 2. The summed E-state index contributed by atoms with van der Waals surface area (Å²) in [5.41, 5.74) is 0. The van der Waals surface area contributed by atoms with Gasteiger partial charge in [0.1, 0.15) is 0 Å². The summed E-state index contributed by atoms with van der Waals surface area (Å²) in [5.74, 6) is 0. The van der Waals surface area contributed by atoms with Crippen molar-refractivity contribution >= 4 is 28.4 Å². The van der Waals surface area contributed by atoms with Gasteiger partial charge in [-0.3, -0.25) is 0 Å². The molecule has 0 atom stereocenters. The third-order valence-electron chi connectivity index (χ3n) is 0.318. The van der Waals surface area contributed by atoms with E-state index in [-0.39, 0.29) is 4.83 Å². The van der Waals surface area contributed by atoms with Crippen molar-refractivity contribution in [3.8, 4) is 0 Å². The Balaban J connectivity index is 3.21. The Morgan fingerprint density at radius 2 is 1.67 bits per heavy atom. The second kappa shape index (κ2) is 3.03. The maximum atomic E-state index is 6.49. The lowest BCUT2D eigenvalue weighted by atomic mass is 10.5. The molecule has 0 aromatic rings. The van der Waals surface area contributed by atoms with Crippen LogP contribution in [0.2, 0.25) is 0 Å². The van der Waals surface area contributed by atoms with Gasteiger partial charge in [0.25, 0.3) is 0 Å². The molecule has 0 aliphatic carbocycles. The van der Waals surface area contributed by atoms with Gasteiger partial charge in [-0.15, -0.1) is 0 Å². The summed E-state index contributed by atoms with van der Waals surface area (Å²) in [6, 6.07) is 0. The van der Waals surface area contributed by atoms with Crippen LogP contribution in [-0.4, -0.2) is 17.3 Å². The molecule has 0 saturated heterocycles. The molecule has 0 aliphatic rings. The van der Waals surface area contributed by atoms with Gasteiger partial charge in [0, 0.05) is 12.4 Å². The predicted octanol–water partition coefficient (Wildman–Crippen LogP) is 1.05. The van der Waals surface area contributed by atoms with E-state index in [2.05, 4.69) is 15.9 Å². The zero-order valence-corrected chi connectivity index (χ0v) is 4.70. The van der Waals surface area contributed by atoms with Crippen LogP contribution in [0.25, 0.3) is 0 Å². The van der Waals surface area contributed by atoms with Gasteiger partial charge in [0.15, 0.2) is 0 Å². The van der Waals surface area contributed by atoms with Crippen LogP contribution >= 0.6 is 15.9 Å². The van der Waals surface area contributed by atoms with E-state index < -0.39 is 0 Å². The standard InChI is InChI=1S/C3H5BrN2/c4-3(1-5)2-6/h1-3,5-6H. The molecule has 3 heteroatoms. The van der Waals surface area contributed by atoms with Crippen LogP contribution < -0.4 is 0 Å². The fraction of sp³-hybridized carbons (Fsp3) is 0.333. The first-order valence-corrected chi connectivity index (χ1v) is 2.38. The summed E-state index contributed by atoms with van der Waals surface area (Å²) in [6.07, 6.45) is 2.29. The Bertz CT molecular complexity index is 53.8. The number of nitrogens with one attached hydrogen (secondary N) is 2. The fourth-order valence-corrected chi connectivity index (χ4v) is 0.0481. The summed E-state index contributed by atoms with van der Waals surface area (Å²) in [7, 11) is 0. The number of halogens is 1. The Labute approximate surface area is 44.7 Å². The molecule has 0 fully saturated rings. The second-order valence-corrected chi connectivity index (χ2v) is 1.84. The van der Waals surface area contributed by atoms with Gasteiger partial charge in [0.2, 0.25) is 0 Å². The molecule has 0 radical (unpaired) electrons. The average molecular weight is 149 g/mol. The Hall–Kier alpha value is -0.180. The van der Waals surface area contributed by atoms with Crippen molar-refractivity contribution in [1.82, 2.24) is 0 Å². The van der Waals surface area contributed by atoms with E-state index in [0.717, 1.165) is 12.4 Å². The molecule has 6 heavy (non-hydrogen) atoms. The molecule has 0 spiro atoms. The molecule has 0 unspecified atom stereocenters. The smallest absolute Gasteiger partial charge is 0.0835 e. The van der Waals surface area contributed by atoms with Gasteiger partial charge in [-0.1, -0.05) is 15.9 Å². The summed E-state index contributed by atoms with van der Waals surface area (Å²) < 4.78 is 0. The molecule has 34 valence electrons. The summed E-state index contributed by atoms with van der Waals surface area (Å²) in [6.45, 7) is 0. The molecule has 0 rings (SSSR count). The van der Waals surface area contributed by atoms with Crippen molar-refractivity contribution in [2.45, 2.75) is 4.83 Å². The van der Waals surface area contributed by atoms with E-state index in [4.69, 9.17) is 10.8 Å². The lowest BCUT2D eigenvalue weighted by molar-refractivity contribution is 1.47.